The van der Waals surface area contributed by atoms with E-state index < -0.39 is 53.6 Å². The minimum Gasteiger partial charge on any atom is -0.481 e. The van der Waals surface area contributed by atoms with Crippen LogP contribution in [0.1, 0.15) is 46.5 Å². The highest BCUT2D eigenvalue weighted by Crippen LogP contribution is 2.26. The van der Waals surface area contributed by atoms with Crippen LogP contribution in [0.5, 0.6) is 0 Å². The predicted octanol–water partition coefficient (Wildman–Crippen LogP) is -0.400. The minimum atomic E-state index is -1.14. The highest BCUT2D eigenvalue weighted by molar-refractivity contribution is 5.97. The summed E-state index contributed by atoms with van der Waals surface area (Å²) in [5.41, 5.74) is 5.49. The van der Waals surface area contributed by atoms with Crippen LogP contribution in [0, 0.1) is 11.8 Å². The van der Waals surface area contributed by atoms with Gasteiger partial charge in [0.25, 0.3) is 0 Å². The number of Topliss-reactive ketones (excluding diaryl/α,β-unsaturated/α-hetero) is 1. The van der Waals surface area contributed by atoms with Crippen LogP contribution in [0.15, 0.2) is 0 Å². The van der Waals surface area contributed by atoms with Crippen LogP contribution in [0.25, 0.3) is 0 Å². The van der Waals surface area contributed by atoms with Crippen LogP contribution in [0.4, 0.5) is 0 Å². The summed E-state index contributed by atoms with van der Waals surface area (Å²) in [6.45, 7) is 5.03. The molecule has 1 aliphatic heterocycles. The molecule has 1 aliphatic rings. The number of hydrogen-bond donors (Lipinski definition) is 4. The van der Waals surface area contributed by atoms with E-state index in [9.17, 15) is 29.1 Å². The number of carboxylic acids is 2. The zero-order valence-electron chi connectivity index (χ0n) is 16.4. The van der Waals surface area contributed by atoms with Gasteiger partial charge in [-0.1, -0.05) is 13.8 Å². The Morgan fingerprint density at radius 1 is 1.21 bits per heavy atom. The van der Waals surface area contributed by atoms with Crippen LogP contribution in [0.3, 0.4) is 0 Å². The summed E-state index contributed by atoms with van der Waals surface area (Å²) in [4.78, 5) is 60.7. The minimum absolute atomic E-state index is 0.0392. The molecular weight excluding hydrogens is 370 g/mol. The van der Waals surface area contributed by atoms with Crippen molar-refractivity contribution < 1.29 is 34.2 Å². The molecule has 28 heavy (non-hydrogen) atoms. The highest BCUT2D eigenvalue weighted by Gasteiger charge is 2.42. The number of carbonyl (C=O) groups is 5. The molecule has 0 aromatic heterocycles. The van der Waals surface area contributed by atoms with Crippen molar-refractivity contribution >= 4 is 29.5 Å². The molecule has 0 bridgehead atoms. The van der Waals surface area contributed by atoms with Gasteiger partial charge in [-0.2, -0.15) is 0 Å². The van der Waals surface area contributed by atoms with Gasteiger partial charge in [-0.05, 0) is 25.7 Å². The van der Waals surface area contributed by atoms with E-state index in [2.05, 4.69) is 5.32 Å². The number of carbonyl (C=O) groups excluding carboxylic acids is 3. The van der Waals surface area contributed by atoms with Crippen molar-refractivity contribution in [2.45, 2.75) is 64.6 Å². The molecule has 0 aromatic carbocycles. The van der Waals surface area contributed by atoms with Gasteiger partial charge in [-0.25, -0.2) is 4.79 Å². The van der Waals surface area contributed by atoms with E-state index in [1.807, 2.05) is 13.8 Å². The second kappa shape index (κ2) is 10.2. The summed E-state index contributed by atoms with van der Waals surface area (Å²) >= 11 is 0. The SMILES string of the molecule is CC(C)C[C@@H](C(=O)O)N1C[C@@H](C(=O)[C@H](CCC(=O)O)NC(=O)[C@H](C)N)CC1=O. The predicted molar refractivity (Wildman–Crippen MR) is 98.2 cm³/mol. The summed E-state index contributed by atoms with van der Waals surface area (Å²) in [5.74, 6) is -4.57. The Balaban J connectivity index is 2.94. The first kappa shape index (κ1) is 23.5. The normalized spacial score (nSPS) is 20.0. The van der Waals surface area contributed by atoms with Gasteiger partial charge >= 0.3 is 11.9 Å². The van der Waals surface area contributed by atoms with E-state index in [0.717, 1.165) is 0 Å². The molecule has 10 nitrogen and oxygen atoms in total. The van der Waals surface area contributed by atoms with Crippen LogP contribution in [-0.4, -0.2) is 69.3 Å². The first-order valence-corrected chi connectivity index (χ1v) is 9.27. The quantitative estimate of drug-likeness (QED) is 0.364. The Hall–Kier alpha value is -2.49. The second-order valence-corrected chi connectivity index (χ2v) is 7.62. The van der Waals surface area contributed by atoms with Gasteiger partial charge in [-0.15, -0.1) is 0 Å². The number of hydrogen-bond acceptors (Lipinski definition) is 6. The maximum Gasteiger partial charge on any atom is 0.326 e. The van der Waals surface area contributed by atoms with Crippen LogP contribution in [0.2, 0.25) is 0 Å². The lowest BCUT2D eigenvalue weighted by atomic mass is 9.93. The monoisotopic (exact) mass is 399 g/mol. The van der Waals surface area contributed by atoms with Gasteiger partial charge in [0.1, 0.15) is 6.04 Å². The molecule has 10 heteroatoms. The third-order valence-electron chi connectivity index (χ3n) is 4.64. The number of rotatable bonds is 11. The van der Waals surface area contributed by atoms with Crippen LogP contribution in [-0.2, 0) is 24.0 Å². The lowest BCUT2D eigenvalue weighted by molar-refractivity contribution is -0.149. The Morgan fingerprint density at radius 3 is 2.29 bits per heavy atom. The number of ketones is 1. The molecule has 4 atom stereocenters. The molecule has 1 fully saturated rings. The largest absolute Gasteiger partial charge is 0.481 e. The lowest BCUT2D eigenvalue weighted by Crippen LogP contribution is -2.49. The molecule has 5 N–H and O–H groups in total. The maximum absolute atomic E-state index is 12.8. The number of aliphatic carboxylic acids is 2. The first-order chi connectivity index (χ1) is 12.9. The summed E-state index contributed by atoms with van der Waals surface area (Å²) in [7, 11) is 0. The molecule has 0 radical (unpaired) electrons. The molecule has 0 saturated carbocycles. The van der Waals surface area contributed by atoms with Gasteiger partial charge in [-0.3, -0.25) is 19.2 Å². The van der Waals surface area contributed by atoms with Crippen molar-refractivity contribution in [1.29, 1.82) is 0 Å². The standard InChI is InChI=1S/C18H29N3O7/c1-9(2)6-13(18(27)28)21-8-11(7-14(21)22)16(25)12(4-5-15(23)24)20-17(26)10(3)19/h9-13H,4-8,19H2,1-3H3,(H,20,26)(H,23,24)(H,27,28)/t10-,11-,12-,13-/m0/s1. The van der Waals surface area contributed by atoms with E-state index in [4.69, 9.17) is 10.8 Å². The third-order valence-corrected chi connectivity index (χ3v) is 4.64. The summed E-state index contributed by atoms with van der Waals surface area (Å²) in [6.07, 6.45) is -0.388. The number of carboxylic acid groups (broad SMARTS) is 2. The average molecular weight is 399 g/mol. The van der Waals surface area contributed by atoms with Crippen molar-refractivity contribution in [3.8, 4) is 0 Å². The van der Waals surface area contributed by atoms with Gasteiger partial charge in [0.05, 0.1) is 12.1 Å². The van der Waals surface area contributed by atoms with Gasteiger partial charge in [0.2, 0.25) is 11.8 Å². The average Bonchev–Trinajstić information content (AvgIpc) is 2.96. The number of likely N-dealkylation sites (tertiary alicyclic amines) is 1. The Labute approximate surface area is 163 Å². The third kappa shape index (κ3) is 6.59. The molecule has 1 rings (SSSR count). The fraction of sp³-hybridized carbons (Fsp3) is 0.722. The Bertz CT molecular complexity index is 633. The summed E-state index contributed by atoms with van der Waals surface area (Å²) in [6, 6.07) is -3.01. The van der Waals surface area contributed by atoms with E-state index in [-0.39, 0.29) is 38.1 Å². The number of nitrogens with two attached hydrogens (primary N) is 1. The molecule has 2 amide bonds. The zero-order chi connectivity index (χ0) is 21.6. The van der Waals surface area contributed by atoms with Crippen molar-refractivity contribution in [3.05, 3.63) is 0 Å². The van der Waals surface area contributed by atoms with Gasteiger partial charge in [0, 0.05) is 25.3 Å². The Morgan fingerprint density at radius 2 is 1.82 bits per heavy atom. The Kier molecular flexibility index (Phi) is 8.55. The van der Waals surface area contributed by atoms with Crippen molar-refractivity contribution in [2.24, 2.45) is 17.6 Å². The number of nitrogens with zero attached hydrogens (tertiary/aromatic N) is 1. The summed E-state index contributed by atoms with van der Waals surface area (Å²) < 4.78 is 0. The molecule has 0 unspecified atom stereocenters. The smallest absolute Gasteiger partial charge is 0.326 e. The van der Waals surface area contributed by atoms with Gasteiger partial charge < -0.3 is 26.2 Å². The van der Waals surface area contributed by atoms with Crippen molar-refractivity contribution in [2.75, 3.05) is 6.54 Å². The van der Waals surface area contributed by atoms with E-state index in [1.165, 1.54) is 11.8 Å². The summed E-state index contributed by atoms with van der Waals surface area (Å²) in [5, 5.41) is 20.8. The van der Waals surface area contributed by atoms with Crippen molar-refractivity contribution in [3.63, 3.8) is 0 Å². The highest BCUT2D eigenvalue weighted by atomic mass is 16.4. The first-order valence-electron chi connectivity index (χ1n) is 9.27. The fourth-order valence-electron chi connectivity index (χ4n) is 3.17. The fourth-order valence-corrected chi connectivity index (χ4v) is 3.17. The molecule has 158 valence electrons. The molecule has 1 heterocycles. The van der Waals surface area contributed by atoms with E-state index in [1.54, 1.807) is 0 Å². The number of nitrogens with one attached hydrogen (secondary N) is 1. The van der Waals surface area contributed by atoms with Crippen LogP contribution >= 0.6 is 0 Å². The van der Waals surface area contributed by atoms with Gasteiger partial charge in [0.15, 0.2) is 5.78 Å². The van der Waals surface area contributed by atoms with E-state index >= 15 is 0 Å². The lowest BCUT2D eigenvalue weighted by Gasteiger charge is -2.26. The van der Waals surface area contributed by atoms with Crippen LogP contribution < -0.4 is 11.1 Å². The molecular formula is C18H29N3O7. The number of amides is 2. The van der Waals surface area contributed by atoms with E-state index in [0.29, 0.717) is 0 Å². The maximum atomic E-state index is 12.8. The molecule has 1 saturated heterocycles. The molecule has 0 aromatic rings. The second-order valence-electron chi connectivity index (χ2n) is 7.62. The van der Waals surface area contributed by atoms with Crippen molar-refractivity contribution in [1.82, 2.24) is 10.2 Å². The topological polar surface area (TPSA) is 167 Å². The molecule has 0 aliphatic carbocycles. The molecule has 0 spiro atoms. The zero-order valence-corrected chi connectivity index (χ0v) is 16.4.